The summed E-state index contributed by atoms with van der Waals surface area (Å²) in [5.41, 5.74) is 3.44. The number of rotatable bonds is 10. The van der Waals surface area contributed by atoms with Crippen molar-refractivity contribution in [2.75, 3.05) is 10.8 Å². The van der Waals surface area contributed by atoms with E-state index >= 15 is 0 Å². The number of carbonyl (C=O) groups excluding carboxylic acids is 2. The Labute approximate surface area is 239 Å². The van der Waals surface area contributed by atoms with Crippen LogP contribution in [0.15, 0.2) is 77.7 Å². The van der Waals surface area contributed by atoms with Crippen molar-refractivity contribution in [1.82, 2.24) is 10.2 Å². The summed E-state index contributed by atoms with van der Waals surface area (Å²) in [5, 5.41) is 3.00. The molecule has 0 radical (unpaired) electrons. The molecule has 214 valence electrons. The zero-order valence-corrected chi connectivity index (χ0v) is 25.4. The maximum Gasteiger partial charge on any atom is 0.264 e. The number of amides is 2. The van der Waals surface area contributed by atoms with Crippen LogP contribution in [0, 0.1) is 20.8 Å². The smallest absolute Gasteiger partial charge is 0.264 e. The van der Waals surface area contributed by atoms with Gasteiger partial charge in [-0.1, -0.05) is 67.1 Å². The predicted molar refractivity (Wildman–Crippen MR) is 161 cm³/mol. The summed E-state index contributed by atoms with van der Waals surface area (Å²) in [5.74, 6) is -0.737. The van der Waals surface area contributed by atoms with Gasteiger partial charge in [0.15, 0.2) is 0 Å². The van der Waals surface area contributed by atoms with E-state index in [4.69, 9.17) is 0 Å². The van der Waals surface area contributed by atoms with E-state index < -0.39 is 34.1 Å². The van der Waals surface area contributed by atoms with E-state index in [9.17, 15) is 18.0 Å². The van der Waals surface area contributed by atoms with Crippen LogP contribution in [0.4, 0.5) is 5.69 Å². The average Bonchev–Trinajstić information content (AvgIpc) is 2.88. The Morgan fingerprint density at radius 3 is 1.98 bits per heavy atom. The van der Waals surface area contributed by atoms with E-state index in [-0.39, 0.29) is 17.3 Å². The van der Waals surface area contributed by atoms with E-state index in [1.807, 2.05) is 84.9 Å². The fourth-order valence-electron chi connectivity index (χ4n) is 4.54. The lowest BCUT2D eigenvalue weighted by Crippen LogP contribution is -2.55. The van der Waals surface area contributed by atoms with Crippen LogP contribution in [0.2, 0.25) is 0 Å². The van der Waals surface area contributed by atoms with Crippen LogP contribution in [-0.4, -0.2) is 43.3 Å². The Bertz CT molecular complexity index is 1440. The highest BCUT2D eigenvalue weighted by molar-refractivity contribution is 7.92. The zero-order valence-electron chi connectivity index (χ0n) is 24.6. The molecular weight excluding hydrogens is 522 g/mol. The number of hydrogen-bond donors (Lipinski definition) is 1. The van der Waals surface area contributed by atoms with Gasteiger partial charge in [0.1, 0.15) is 12.6 Å². The lowest BCUT2D eigenvalue weighted by Gasteiger charge is -2.35. The highest BCUT2D eigenvalue weighted by Crippen LogP contribution is 2.28. The Balaban J connectivity index is 2.10. The molecule has 40 heavy (non-hydrogen) atoms. The van der Waals surface area contributed by atoms with Gasteiger partial charge in [0, 0.05) is 12.1 Å². The fraction of sp³-hybridized carbons (Fsp3) is 0.375. The molecule has 3 aromatic carbocycles. The van der Waals surface area contributed by atoms with Gasteiger partial charge in [0.2, 0.25) is 11.8 Å². The third-order valence-electron chi connectivity index (χ3n) is 6.76. The molecule has 0 saturated carbocycles. The average molecular weight is 564 g/mol. The third-order valence-corrected chi connectivity index (χ3v) is 8.53. The number of hydrogen-bond acceptors (Lipinski definition) is 4. The summed E-state index contributed by atoms with van der Waals surface area (Å²) in [6.45, 7) is 12.9. The monoisotopic (exact) mass is 563 g/mol. The second kappa shape index (κ2) is 12.7. The molecular formula is C32H41N3O4S. The van der Waals surface area contributed by atoms with Crippen LogP contribution < -0.4 is 9.62 Å². The molecule has 8 heteroatoms. The number of carbonyl (C=O) groups is 2. The van der Waals surface area contributed by atoms with Gasteiger partial charge in [-0.2, -0.15) is 0 Å². The number of sulfonamides is 1. The first-order valence-corrected chi connectivity index (χ1v) is 15.0. The first-order chi connectivity index (χ1) is 18.7. The molecule has 1 unspecified atom stereocenters. The summed E-state index contributed by atoms with van der Waals surface area (Å²) in [6.07, 6.45) is 0.370. The Kier molecular flexibility index (Phi) is 9.79. The minimum atomic E-state index is -4.10. The van der Waals surface area contributed by atoms with Crippen LogP contribution in [0.3, 0.4) is 0 Å². The van der Waals surface area contributed by atoms with Crippen LogP contribution in [0.1, 0.15) is 56.4 Å². The highest BCUT2D eigenvalue weighted by Gasteiger charge is 2.35. The van der Waals surface area contributed by atoms with Crippen molar-refractivity contribution in [3.63, 3.8) is 0 Å². The van der Waals surface area contributed by atoms with Crippen LogP contribution in [-0.2, 0) is 26.2 Å². The molecule has 0 aliphatic rings. The standard InChI is InChI=1S/C32H41N3O4S/c1-8-28(31(37)33-32(5,6)7)34(21-26-15-11-9-13-24(26)3)30(36)22-35(29-16-12-10-14-25(29)4)40(38,39)27-19-17-23(2)18-20-27/h9-20,28H,8,21-22H2,1-7H3,(H,33,37). The Morgan fingerprint density at radius 2 is 1.43 bits per heavy atom. The van der Waals surface area contributed by atoms with Crippen LogP contribution in [0.25, 0.3) is 0 Å². The third kappa shape index (κ3) is 7.50. The molecule has 0 heterocycles. The molecule has 0 aliphatic heterocycles. The molecule has 1 N–H and O–H groups in total. The minimum Gasteiger partial charge on any atom is -0.350 e. The van der Waals surface area contributed by atoms with Crippen molar-refractivity contribution in [2.45, 2.75) is 77.9 Å². The molecule has 0 fully saturated rings. The summed E-state index contributed by atoms with van der Waals surface area (Å²) in [4.78, 5) is 29.2. The molecule has 2 amide bonds. The van der Waals surface area contributed by atoms with Gasteiger partial charge in [-0.3, -0.25) is 13.9 Å². The predicted octanol–water partition coefficient (Wildman–Crippen LogP) is 5.53. The van der Waals surface area contributed by atoms with Gasteiger partial charge >= 0.3 is 0 Å². The molecule has 7 nitrogen and oxygen atoms in total. The van der Waals surface area contributed by atoms with E-state index in [2.05, 4.69) is 5.32 Å². The lowest BCUT2D eigenvalue weighted by atomic mass is 10.0. The fourth-order valence-corrected chi connectivity index (χ4v) is 6.02. The maximum atomic E-state index is 14.2. The first kappa shape index (κ1) is 30.9. The van der Waals surface area contributed by atoms with Crippen molar-refractivity contribution >= 4 is 27.5 Å². The van der Waals surface area contributed by atoms with E-state index in [1.165, 1.54) is 4.90 Å². The number of nitrogens with one attached hydrogen (secondary N) is 1. The zero-order chi connectivity index (χ0) is 29.7. The van der Waals surface area contributed by atoms with E-state index in [0.29, 0.717) is 17.7 Å². The molecule has 0 saturated heterocycles. The molecule has 1 atom stereocenters. The Hall–Kier alpha value is -3.65. The number of anilines is 1. The number of aryl methyl sites for hydroxylation is 3. The first-order valence-electron chi connectivity index (χ1n) is 13.6. The number of nitrogens with zero attached hydrogens (tertiary/aromatic N) is 2. The van der Waals surface area contributed by atoms with Crippen molar-refractivity contribution < 1.29 is 18.0 Å². The molecule has 0 bridgehead atoms. The summed E-state index contributed by atoms with van der Waals surface area (Å²) >= 11 is 0. The SMILES string of the molecule is CCC(C(=O)NC(C)(C)C)N(Cc1ccccc1C)C(=O)CN(c1ccccc1C)S(=O)(=O)c1ccc(C)cc1. The van der Waals surface area contributed by atoms with Crippen molar-refractivity contribution in [2.24, 2.45) is 0 Å². The van der Waals surface area contributed by atoms with E-state index in [1.54, 1.807) is 36.4 Å². The summed E-state index contributed by atoms with van der Waals surface area (Å²) in [6, 6.07) is 20.6. The second-order valence-corrected chi connectivity index (χ2v) is 13.1. The summed E-state index contributed by atoms with van der Waals surface area (Å²) in [7, 11) is -4.10. The highest BCUT2D eigenvalue weighted by atomic mass is 32.2. The molecule has 0 aromatic heterocycles. The normalized spacial score (nSPS) is 12.5. The van der Waals surface area contributed by atoms with Gasteiger partial charge in [0.25, 0.3) is 10.0 Å². The maximum absolute atomic E-state index is 14.2. The van der Waals surface area contributed by atoms with Gasteiger partial charge in [0.05, 0.1) is 10.6 Å². The minimum absolute atomic E-state index is 0.0946. The van der Waals surface area contributed by atoms with Crippen molar-refractivity contribution in [1.29, 1.82) is 0 Å². The number of benzene rings is 3. The van der Waals surface area contributed by atoms with E-state index in [0.717, 1.165) is 21.0 Å². The van der Waals surface area contributed by atoms with Gasteiger partial charge < -0.3 is 10.2 Å². The van der Waals surface area contributed by atoms with Crippen molar-refractivity contribution in [3.8, 4) is 0 Å². The Morgan fingerprint density at radius 1 is 0.850 bits per heavy atom. The van der Waals surface area contributed by atoms with Crippen LogP contribution in [0.5, 0.6) is 0 Å². The summed E-state index contributed by atoms with van der Waals surface area (Å²) < 4.78 is 29.2. The van der Waals surface area contributed by atoms with Gasteiger partial charge in [-0.15, -0.1) is 0 Å². The van der Waals surface area contributed by atoms with Gasteiger partial charge in [-0.05, 0) is 82.9 Å². The quantitative estimate of drug-likeness (QED) is 0.352. The topological polar surface area (TPSA) is 86.8 Å². The van der Waals surface area contributed by atoms with Gasteiger partial charge in [-0.25, -0.2) is 8.42 Å². The van der Waals surface area contributed by atoms with Crippen LogP contribution >= 0.6 is 0 Å². The number of para-hydroxylation sites is 1. The molecule has 0 aliphatic carbocycles. The molecule has 3 aromatic rings. The molecule has 3 rings (SSSR count). The second-order valence-electron chi connectivity index (χ2n) is 11.2. The lowest BCUT2D eigenvalue weighted by molar-refractivity contribution is -0.141. The largest absolute Gasteiger partial charge is 0.350 e. The van der Waals surface area contributed by atoms with Crippen molar-refractivity contribution in [3.05, 3.63) is 95.1 Å². The molecule has 0 spiro atoms.